The monoisotopic (exact) mass is 518 g/mol. The van der Waals surface area contributed by atoms with Gasteiger partial charge in [0.05, 0.1) is 23.2 Å². The Morgan fingerprint density at radius 1 is 1.11 bits per heavy atom. The van der Waals surface area contributed by atoms with Crippen molar-refractivity contribution in [3.8, 4) is 0 Å². The van der Waals surface area contributed by atoms with Gasteiger partial charge in [-0.05, 0) is 70.8 Å². The van der Waals surface area contributed by atoms with Crippen molar-refractivity contribution >= 4 is 17.3 Å². The molecule has 0 bridgehead atoms. The second-order valence-corrected chi connectivity index (χ2v) is 13.7. The summed E-state index contributed by atoms with van der Waals surface area (Å²) in [6.07, 6.45) is 1.39. The lowest BCUT2D eigenvalue weighted by molar-refractivity contribution is -0.170. The van der Waals surface area contributed by atoms with Gasteiger partial charge in [0.15, 0.2) is 11.5 Å². The first kappa shape index (κ1) is 28.1. The third kappa shape index (κ3) is 3.81. The third-order valence-corrected chi connectivity index (χ3v) is 10.6. The van der Waals surface area contributed by atoms with Crippen molar-refractivity contribution < 1.29 is 39.9 Å². The van der Waals surface area contributed by atoms with E-state index in [1.54, 1.807) is 13.8 Å². The molecule has 2 fully saturated rings. The number of Topliss-reactive ketones (excluding diaryl/α,β-unsaturated/α-hetero) is 3. The summed E-state index contributed by atoms with van der Waals surface area (Å²) in [5.41, 5.74) is -5.50. The van der Waals surface area contributed by atoms with E-state index < -0.39 is 63.7 Å². The van der Waals surface area contributed by atoms with E-state index >= 15 is 0 Å². The Morgan fingerprint density at radius 3 is 2.27 bits per heavy atom. The smallest absolute Gasteiger partial charge is 0.206 e. The Kier molecular flexibility index (Phi) is 6.32. The first-order chi connectivity index (χ1) is 16.7. The van der Waals surface area contributed by atoms with Crippen LogP contribution in [0.1, 0.15) is 74.1 Å². The molecule has 0 heterocycles. The Bertz CT molecular complexity index is 1090. The normalized spacial score (nSPS) is 41.5. The fourth-order valence-corrected chi connectivity index (χ4v) is 8.29. The van der Waals surface area contributed by atoms with Crippen LogP contribution in [0.25, 0.3) is 0 Å². The summed E-state index contributed by atoms with van der Waals surface area (Å²) in [6, 6.07) is 0. The summed E-state index contributed by atoms with van der Waals surface area (Å²) in [7, 11) is 0. The molecular weight excluding hydrogens is 476 g/mol. The zero-order chi connectivity index (χ0) is 28.1. The minimum absolute atomic E-state index is 0.0244. The summed E-state index contributed by atoms with van der Waals surface area (Å²) in [6.45, 7) is 11.3. The van der Waals surface area contributed by atoms with Crippen molar-refractivity contribution in [1.29, 1.82) is 0 Å². The number of carbonyl (C=O) groups is 3. The minimum Gasteiger partial charge on any atom is -0.505 e. The average Bonchev–Trinajstić information content (AvgIpc) is 3.02. The summed E-state index contributed by atoms with van der Waals surface area (Å²) in [4.78, 5) is 40.0. The number of ketones is 3. The van der Waals surface area contributed by atoms with Gasteiger partial charge in [0, 0.05) is 30.1 Å². The van der Waals surface area contributed by atoms with Gasteiger partial charge < -0.3 is 25.5 Å². The molecule has 0 aromatic heterocycles. The van der Waals surface area contributed by atoms with E-state index in [1.165, 1.54) is 26.8 Å². The summed E-state index contributed by atoms with van der Waals surface area (Å²) < 4.78 is 0. The zero-order valence-electron chi connectivity index (χ0n) is 22.9. The van der Waals surface area contributed by atoms with Crippen LogP contribution < -0.4 is 0 Å². The number of hydrogen-bond donors (Lipinski definition) is 5. The number of allylic oxidation sites excluding steroid dienone is 4. The zero-order valence-corrected chi connectivity index (χ0v) is 22.9. The van der Waals surface area contributed by atoms with Gasteiger partial charge in [0.2, 0.25) is 5.78 Å². The van der Waals surface area contributed by atoms with E-state index in [9.17, 15) is 39.9 Å². The maximum Gasteiger partial charge on any atom is 0.206 e. The summed E-state index contributed by atoms with van der Waals surface area (Å²) in [5, 5.41) is 53.7. The van der Waals surface area contributed by atoms with Crippen molar-refractivity contribution in [3.63, 3.8) is 0 Å². The number of hydrogen-bond acceptors (Lipinski definition) is 8. The van der Waals surface area contributed by atoms with Gasteiger partial charge in [-0.1, -0.05) is 25.5 Å². The van der Waals surface area contributed by atoms with Crippen molar-refractivity contribution in [3.05, 3.63) is 23.5 Å². The van der Waals surface area contributed by atoms with E-state index in [4.69, 9.17) is 0 Å². The molecule has 2 saturated carbocycles. The SMILES string of the molecule is CC1(C)C(=O)C(O)=C[C@H]2C1=CC[C@@H]1[C@H]3C[C@@H](O)[C@H]([C@](C)(O)C(=O)C[C@@H](O)C(C)(C)O)[C@]3(C)CC(=O)[C@@]12C. The predicted molar refractivity (Wildman–Crippen MR) is 135 cm³/mol. The van der Waals surface area contributed by atoms with Gasteiger partial charge in [-0.15, -0.1) is 0 Å². The lowest BCUT2D eigenvalue weighted by Crippen LogP contribution is -2.61. The highest BCUT2D eigenvalue weighted by molar-refractivity contribution is 6.02. The highest BCUT2D eigenvalue weighted by atomic mass is 16.3. The molecular formula is C29H42O8. The quantitative estimate of drug-likeness (QED) is 0.348. The lowest BCUT2D eigenvalue weighted by Gasteiger charge is -2.59. The van der Waals surface area contributed by atoms with E-state index in [-0.39, 0.29) is 35.6 Å². The molecule has 0 unspecified atom stereocenters. The number of rotatable bonds is 5. The van der Waals surface area contributed by atoms with Gasteiger partial charge in [-0.2, -0.15) is 0 Å². The van der Waals surface area contributed by atoms with Crippen LogP contribution in [0.3, 0.4) is 0 Å². The van der Waals surface area contributed by atoms with E-state index in [1.807, 2.05) is 19.9 Å². The molecule has 0 aromatic rings. The molecule has 0 aromatic carbocycles. The number of aliphatic hydroxyl groups is 5. The predicted octanol–water partition coefficient (Wildman–Crippen LogP) is 2.42. The molecule has 4 aliphatic carbocycles. The third-order valence-electron chi connectivity index (χ3n) is 10.6. The highest BCUT2D eigenvalue weighted by Crippen LogP contribution is 2.68. The topological polar surface area (TPSA) is 152 Å². The molecule has 0 aliphatic heterocycles. The Hall–Kier alpha value is -1.87. The van der Waals surface area contributed by atoms with Crippen LogP contribution in [-0.4, -0.2) is 66.3 Å². The van der Waals surface area contributed by atoms with Crippen LogP contribution in [0.15, 0.2) is 23.5 Å². The van der Waals surface area contributed by atoms with Crippen LogP contribution in [0, 0.1) is 39.9 Å². The molecule has 0 saturated heterocycles. The first-order valence-electron chi connectivity index (χ1n) is 13.2. The minimum atomic E-state index is -2.03. The standard InChI is InChI=1S/C29H42O8/c1-25(2)14-8-9-15-16-10-18(30)23(29(7,37)21(33)12-20(32)26(3,4)36)27(16,5)13-22(34)28(15,6)17(14)11-19(31)24(25)35/h8,11,15-18,20,23,30-32,36-37H,9-10,12-13H2,1-7H3/t15-,16-,17+,18-,20-,23+,27-,28+,29-/m1/s1. The number of carbonyl (C=O) groups excluding carboxylic acids is 3. The highest BCUT2D eigenvalue weighted by Gasteiger charge is 2.70. The van der Waals surface area contributed by atoms with Crippen LogP contribution in [0.5, 0.6) is 0 Å². The Labute approximate surface area is 218 Å². The molecule has 4 aliphatic rings. The van der Waals surface area contributed by atoms with E-state index in [0.717, 1.165) is 5.57 Å². The fourth-order valence-electron chi connectivity index (χ4n) is 8.29. The molecule has 5 N–H and O–H groups in total. The van der Waals surface area contributed by atoms with Crippen LogP contribution in [-0.2, 0) is 14.4 Å². The second kappa shape index (κ2) is 8.31. The van der Waals surface area contributed by atoms with Crippen molar-refractivity contribution in [2.24, 2.45) is 39.9 Å². The second-order valence-electron chi connectivity index (χ2n) is 13.7. The number of aliphatic hydroxyl groups excluding tert-OH is 3. The van der Waals surface area contributed by atoms with Crippen LogP contribution >= 0.6 is 0 Å². The molecule has 9 atom stereocenters. The van der Waals surface area contributed by atoms with Crippen LogP contribution in [0.4, 0.5) is 0 Å². The fraction of sp³-hybridized carbons (Fsp3) is 0.759. The van der Waals surface area contributed by atoms with E-state index in [0.29, 0.717) is 12.8 Å². The average molecular weight is 519 g/mol. The molecule has 0 spiro atoms. The molecule has 37 heavy (non-hydrogen) atoms. The Morgan fingerprint density at radius 2 is 1.70 bits per heavy atom. The van der Waals surface area contributed by atoms with Gasteiger partial charge >= 0.3 is 0 Å². The maximum atomic E-state index is 14.1. The Balaban J connectivity index is 1.73. The number of fused-ring (bicyclic) bond motifs is 5. The van der Waals surface area contributed by atoms with Crippen molar-refractivity contribution in [2.45, 2.75) is 97.6 Å². The van der Waals surface area contributed by atoms with Crippen molar-refractivity contribution in [1.82, 2.24) is 0 Å². The van der Waals surface area contributed by atoms with Gasteiger partial charge in [0.1, 0.15) is 11.4 Å². The summed E-state index contributed by atoms with van der Waals surface area (Å²) >= 11 is 0. The first-order valence-corrected chi connectivity index (χ1v) is 13.2. The maximum absolute atomic E-state index is 14.1. The van der Waals surface area contributed by atoms with Gasteiger partial charge in [-0.25, -0.2) is 0 Å². The van der Waals surface area contributed by atoms with Crippen LogP contribution in [0.2, 0.25) is 0 Å². The van der Waals surface area contributed by atoms with Crippen molar-refractivity contribution in [2.75, 3.05) is 0 Å². The van der Waals surface area contributed by atoms with Gasteiger partial charge in [-0.3, -0.25) is 14.4 Å². The van der Waals surface area contributed by atoms with Gasteiger partial charge in [0.25, 0.3) is 0 Å². The lowest BCUT2D eigenvalue weighted by atomic mass is 9.43. The summed E-state index contributed by atoms with van der Waals surface area (Å²) in [5.74, 6) is -3.33. The van der Waals surface area contributed by atoms with E-state index in [2.05, 4.69) is 0 Å². The molecule has 8 nitrogen and oxygen atoms in total. The molecule has 0 radical (unpaired) electrons. The molecule has 4 rings (SSSR count). The molecule has 206 valence electrons. The molecule has 0 amide bonds. The molecule has 8 heteroatoms. The largest absolute Gasteiger partial charge is 0.505 e.